The molecule has 0 heterocycles. The third-order valence-corrected chi connectivity index (χ3v) is 1.72. The molecule has 0 aromatic heterocycles. The molecule has 0 spiro atoms. The molecule has 0 saturated heterocycles. The predicted molar refractivity (Wildman–Crippen MR) is 44.6 cm³/mol. The minimum Gasteiger partial charge on any atom is -0.358 e. The summed E-state index contributed by atoms with van der Waals surface area (Å²) in [6.45, 7) is 0. The van der Waals surface area contributed by atoms with Gasteiger partial charge < -0.3 is 7.43 Å². The Balaban J connectivity index is 0. The molecule has 1 rings (SSSR count). The summed E-state index contributed by atoms with van der Waals surface area (Å²) in [5.41, 5.74) is 0. The van der Waals surface area contributed by atoms with Crippen LogP contribution >= 0.6 is 11.8 Å². The van der Waals surface area contributed by atoms with E-state index in [0.717, 1.165) is 0 Å². The smallest absolute Gasteiger partial charge is 0.358 e. The minimum atomic E-state index is 0. The second-order valence-corrected chi connectivity index (χ2v) is 2.40. The molecule has 0 fully saturated rings. The van der Waals surface area contributed by atoms with Crippen LogP contribution in [-0.2, 0) is 0 Å². The normalized spacial score (nSPS) is 7.30. The topological polar surface area (TPSA) is 0 Å². The number of benzene rings is 1. The van der Waals surface area contributed by atoms with Crippen molar-refractivity contribution in [3.8, 4) is 0 Å². The maximum atomic E-state index is 2.10. The average Bonchev–Trinajstić information content (AvgIpc) is 1.90. The van der Waals surface area contributed by atoms with Crippen LogP contribution in [0.2, 0.25) is 0 Å². The van der Waals surface area contributed by atoms with E-state index in [1.807, 2.05) is 18.2 Å². The fraction of sp³-hybridized carbons (Fsp3) is 0.125. The minimum absolute atomic E-state index is 0. The van der Waals surface area contributed by atoms with Crippen LogP contribution in [0.25, 0.3) is 0 Å². The van der Waals surface area contributed by atoms with Gasteiger partial charge in [-0.1, -0.05) is 18.2 Å². The van der Waals surface area contributed by atoms with E-state index in [-0.39, 0.29) is 65.6 Å². The first-order valence-electron chi connectivity index (χ1n) is 2.52. The second kappa shape index (κ2) is 8.47. The maximum absolute atomic E-state index is 2.10. The molecular weight excluding hydrogens is 214 g/mol. The molecule has 0 radical (unpaired) electrons. The van der Waals surface area contributed by atoms with Crippen molar-refractivity contribution >= 4 is 11.8 Å². The summed E-state index contributed by atoms with van der Waals surface area (Å²) in [5, 5.41) is 0. The molecule has 0 unspecified atom stereocenters. The summed E-state index contributed by atoms with van der Waals surface area (Å²) in [4.78, 5) is 1.33. The Hall–Kier alpha value is 1.38. The molecule has 0 bridgehead atoms. The Kier molecular flexibility index (Phi) is 11.8. The molecule has 10 heavy (non-hydrogen) atoms. The standard InChI is InChI=1S/C7H8S.CH3.Rb/c1-8-7-5-3-2-4-6-7;;/h2-6H,1H3;1H3;/q;-1;+1. The van der Waals surface area contributed by atoms with Crippen LogP contribution in [0.4, 0.5) is 0 Å². The monoisotopic (exact) mass is 224 g/mol. The summed E-state index contributed by atoms with van der Waals surface area (Å²) >= 11 is 1.77. The van der Waals surface area contributed by atoms with Crippen molar-refractivity contribution in [2.75, 3.05) is 6.26 Å². The van der Waals surface area contributed by atoms with Crippen molar-refractivity contribution in [2.45, 2.75) is 4.90 Å². The Morgan fingerprint density at radius 1 is 1.10 bits per heavy atom. The Labute approximate surface area is 117 Å². The van der Waals surface area contributed by atoms with Gasteiger partial charge in [0.25, 0.3) is 0 Å². The molecule has 50 valence electrons. The molecule has 0 aliphatic rings. The molecule has 0 saturated carbocycles. The molecule has 1 aromatic rings. The van der Waals surface area contributed by atoms with Crippen LogP contribution in [0.3, 0.4) is 0 Å². The summed E-state index contributed by atoms with van der Waals surface area (Å²) in [6, 6.07) is 10.3. The largest absolute Gasteiger partial charge is 1.00 e. The van der Waals surface area contributed by atoms with Crippen LogP contribution in [0, 0.1) is 7.43 Å². The van der Waals surface area contributed by atoms with E-state index in [9.17, 15) is 0 Å². The van der Waals surface area contributed by atoms with Gasteiger partial charge in [-0.3, -0.25) is 0 Å². The molecule has 0 atom stereocenters. The van der Waals surface area contributed by atoms with Crippen LogP contribution in [0.5, 0.6) is 0 Å². The van der Waals surface area contributed by atoms with Gasteiger partial charge in [0.1, 0.15) is 0 Å². The van der Waals surface area contributed by atoms with Crippen LogP contribution in [-0.4, -0.2) is 6.26 Å². The number of hydrogen-bond donors (Lipinski definition) is 0. The fourth-order valence-corrected chi connectivity index (χ4v) is 0.986. The Morgan fingerprint density at radius 3 is 1.90 bits per heavy atom. The van der Waals surface area contributed by atoms with Crippen LogP contribution in [0.15, 0.2) is 35.2 Å². The zero-order chi connectivity index (χ0) is 5.82. The number of rotatable bonds is 1. The summed E-state index contributed by atoms with van der Waals surface area (Å²) in [7, 11) is 0. The van der Waals surface area contributed by atoms with Crippen molar-refractivity contribution in [3.63, 3.8) is 0 Å². The quantitative estimate of drug-likeness (QED) is 0.473. The van der Waals surface area contributed by atoms with Crippen molar-refractivity contribution in [3.05, 3.63) is 37.8 Å². The van der Waals surface area contributed by atoms with Gasteiger partial charge in [0.15, 0.2) is 0 Å². The van der Waals surface area contributed by atoms with Gasteiger partial charge in [0.2, 0.25) is 0 Å². The van der Waals surface area contributed by atoms with Gasteiger partial charge in [-0.05, 0) is 18.4 Å². The molecule has 2 heteroatoms. The summed E-state index contributed by atoms with van der Waals surface area (Å²) in [5.74, 6) is 0. The third kappa shape index (κ3) is 5.08. The molecule has 0 nitrogen and oxygen atoms in total. The van der Waals surface area contributed by atoms with Crippen molar-refractivity contribution in [2.24, 2.45) is 0 Å². The zero-order valence-electron chi connectivity index (χ0n) is 6.79. The van der Waals surface area contributed by atoms with E-state index in [2.05, 4.69) is 18.4 Å². The average molecular weight is 225 g/mol. The molecule has 1 aromatic carbocycles. The number of hydrogen-bond acceptors (Lipinski definition) is 1. The predicted octanol–water partition coefficient (Wildman–Crippen LogP) is -0.137. The SMILES string of the molecule is CSc1ccccc1.[CH3-].[Rb+]. The van der Waals surface area contributed by atoms with Gasteiger partial charge in [-0.15, -0.1) is 11.8 Å². The first-order chi connectivity index (χ1) is 3.93. The van der Waals surface area contributed by atoms with Gasteiger partial charge >= 0.3 is 58.2 Å². The van der Waals surface area contributed by atoms with Crippen molar-refractivity contribution in [1.82, 2.24) is 0 Å². The van der Waals surface area contributed by atoms with Gasteiger partial charge in [0.05, 0.1) is 0 Å². The second-order valence-electron chi connectivity index (χ2n) is 1.52. The zero-order valence-corrected chi connectivity index (χ0v) is 12.5. The van der Waals surface area contributed by atoms with E-state index in [1.165, 1.54) is 4.90 Å². The fourth-order valence-electron chi connectivity index (χ4n) is 0.557. The Bertz CT molecular complexity index is 151. The van der Waals surface area contributed by atoms with E-state index < -0.39 is 0 Å². The first kappa shape index (κ1) is 13.9. The molecule has 0 aliphatic carbocycles. The molecule has 0 N–H and O–H groups in total. The van der Waals surface area contributed by atoms with E-state index in [1.54, 1.807) is 11.8 Å². The van der Waals surface area contributed by atoms with Gasteiger partial charge in [0, 0.05) is 4.90 Å². The van der Waals surface area contributed by atoms with Gasteiger partial charge in [-0.2, -0.15) is 0 Å². The summed E-state index contributed by atoms with van der Waals surface area (Å²) in [6.07, 6.45) is 2.08. The molecule has 0 aliphatic heterocycles. The third-order valence-electron chi connectivity index (χ3n) is 0.979. The van der Waals surface area contributed by atoms with Crippen molar-refractivity contribution < 1.29 is 58.2 Å². The molecule has 0 amide bonds. The number of thioether (sulfide) groups is 1. The summed E-state index contributed by atoms with van der Waals surface area (Å²) < 4.78 is 0. The Morgan fingerprint density at radius 2 is 1.60 bits per heavy atom. The van der Waals surface area contributed by atoms with E-state index in [4.69, 9.17) is 0 Å². The van der Waals surface area contributed by atoms with Crippen LogP contribution in [0.1, 0.15) is 0 Å². The molecular formula is C8H11RbS. The van der Waals surface area contributed by atoms with E-state index in [0.29, 0.717) is 0 Å². The van der Waals surface area contributed by atoms with Gasteiger partial charge in [-0.25, -0.2) is 0 Å². The van der Waals surface area contributed by atoms with E-state index >= 15 is 0 Å². The van der Waals surface area contributed by atoms with Crippen LogP contribution < -0.4 is 58.2 Å². The first-order valence-corrected chi connectivity index (χ1v) is 3.75. The maximum Gasteiger partial charge on any atom is 1.00 e. The van der Waals surface area contributed by atoms with Crippen molar-refractivity contribution in [1.29, 1.82) is 0 Å².